The minimum absolute atomic E-state index is 0.0431. The number of aliphatic hydroxyl groups is 2. The Labute approximate surface area is 277 Å². The number of carbonyl (C=O) groups is 2. The Morgan fingerprint density at radius 2 is 2.02 bits per heavy atom. The number of halogens is 1. The molecule has 2 N–H and O–H groups in total. The molecule has 1 heterocycles. The summed E-state index contributed by atoms with van der Waals surface area (Å²) in [6, 6.07) is 11.3. The number of hydrogen-bond donors (Lipinski definition) is 2. The Balaban J connectivity index is 1.55. The lowest BCUT2D eigenvalue weighted by Gasteiger charge is -2.45. The molecule has 0 radical (unpaired) electrons. The van der Waals surface area contributed by atoms with Gasteiger partial charge in [-0.1, -0.05) is 42.8 Å². The molecule has 1 amide bonds. The summed E-state index contributed by atoms with van der Waals surface area (Å²) in [6.45, 7) is 11.7. The number of aliphatic hydroxyl groups excluding tert-OH is 1. The number of nitrogens with zero attached hydrogens (tertiary/aromatic N) is 2. The highest BCUT2D eigenvalue weighted by atomic mass is 35.5. The zero-order valence-electron chi connectivity index (χ0n) is 27.2. The van der Waals surface area contributed by atoms with Crippen LogP contribution in [0.2, 0.25) is 5.02 Å². The van der Waals surface area contributed by atoms with Gasteiger partial charge in [-0.15, -0.1) is 13.2 Å². The van der Waals surface area contributed by atoms with Gasteiger partial charge >= 0.3 is 5.97 Å². The molecule has 1 saturated carbocycles. The van der Waals surface area contributed by atoms with Crippen molar-refractivity contribution < 1.29 is 29.3 Å². The number of benzene rings is 2. The Hall–Kier alpha value is -3.33. The average molecular weight is 651 g/mol. The van der Waals surface area contributed by atoms with Gasteiger partial charge in [0, 0.05) is 37.1 Å². The molecule has 1 fully saturated rings. The first-order chi connectivity index (χ1) is 21.9. The van der Waals surface area contributed by atoms with Crippen LogP contribution >= 0.6 is 11.6 Å². The van der Waals surface area contributed by atoms with Crippen LogP contribution in [0.4, 0.5) is 5.69 Å². The first-order valence-corrected chi connectivity index (χ1v) is 16.6. The number of aryl methyl sites for hydroxylation is 1. The maximum absolute atomic E-state index is 13.3. The van der Waals surface area contributed by atoms with E-state index in [1.807, 2.05) is 13.0 Å². The summed E-state index contributed by atoms with van der Waals surface area (Å²) in [5.74, 6) is -0.306. The van der Waals surface area contributed by atoms with Gasteiger partial charge < -0.3 is 29.5 Å². The van der Waals surface area contributed by atoms with Gasteiger partial charge in [0.2, 0.25) is 5.91 Å². The van der Waals surface area contributed by atoms with Crippen molar-refractivity contribution in [3.8, 4) is 5.75 Å². The van der Waals surface area contributed by atoms with E-state index in [1.54, 1.807) is 37.4 Å². The van der Waals surface area contributed by atoms with E-state index >= 15 is 0 Å². The molecule has 3 aliphatic rings. The zero-order chi connectivity index (χ0) is 33.2. The third kappa shape index (κ3) is 6.57. The van der Waals surface area contributed by atoms with Crippen molar-refractivity contribution in [2.24, 2.45) is 17.8 Å². The van der Waals surface area contributed by atoms with Gasteiger partial charge in [0.05, 0.1) is 31.9 Å². The molecule has 5 rings (SSSR count). The summed E-state index contributed by atoms with van der Waals surface area (Å²) < 4.78 is 11.7. The van der Waals surface area contributed by atoms with Gasteiger partial charge in [-0.3, -0.25) is 4.79 Å². The molecule has 0 bridgehead atoms. The van der Waals surface area contributed by atoms with Gasteiger partial charge in [-0.25, -0.2) is 4.79 Å². The molecule has 9 heteroatoms. The van der Waals surface area contributed by atoms with Gasteiger partial charge in [0.1, 0.15) is 5.75 Å². The van der Waals surface area contributed by atoms with E-state index in [0.29, 0.717) is 37.0 Å². The van der Waals surface area contributed by atoms with E-state index in [1.165, 1.54) is 23.1 Å². The Morgan fingerprint density at radius 1 is 1.24 bits per heavy atom. The van der Waals surface area contributed by atoms with Crippen LogP contribution in [0.3, 0.4) is 0 Å². The van der Waals surface area contributed by atoms with E-state index in [9.17, 15) is 19.8 Å². The van der Waals surface area contributed by atoms with Gasteiger partial charge in [0.15, 0.2) is 5.60 Å². The highest BCUT2D eigenvalue weighted by molar-refractivity contribution is 6.30. The predicted molar refractivity (Wildman–Crippen MR) is 180 cm³/mol. The fourth-order valence-corrected chi connectivity index (χ4v) is 7.72. The second-order valence-electron chi connectivity index (χ2n) is 13.5. The quantitative estimate of drug-likeness (QED) is 0.248. The summed E-state index contributed by atoms with van der Waals surface area (Å²) in [6.07, 6.45) is 7.06. The number of anilines is 1. The van der Waals surface area contributed by atoms with E-state index in [2.05, 4.69) is 30.2 Å². The van der Waals surface area contributed by atoms with Crippen LogP contribution in [0.5, 0.6) is 5.75 Å². The number of ether oxygens (including phenoxy) is 2. The van der Waals surface area contributed by atoms with Crippen LogP contribution in [-0.2, 0) is 31.8 Å². The van der Waals surface area contributed by atoms with Crippen molar-refractivity contribution in [1.29, 1.82) is 0 Å². The van der Waals surface area contributed by atoms with E-state index in [-0.39, 0.29) is 28.7 Å². The molecule has 2 aromatic carbocycles. The highest BCUT2D eigenvalue weighted by Gasteiger charge is 2.46. The number of methoxy groups -OCH3 is 1. The summed E-state index contributed by atoms with van der Waals surface area (Å²) in [5, 5.41) is 23.3. The van der Waals surface area contributed by atoms with Crippen LogP contribution in [0.1, 0.15) is 55.7 Å². The zero-order valence-corrected chi connectivity index (χ0v) is 28.0. The van der Waals surface area contributed by atoms with Crippen LogP contribution < -0.4 is 9.64 Å². The smallest absolute Gasteiger partial charge is 0.343 e. The molecule has 46 heavy (non-hydrogen) atoms. The predicted octanol–water partition coefficient (Wildman–Crippen LogP) is 5.42. The standard InChI is InChI=1S/C37H47ClN2O6/c1-6-24(3)20-39(4)34(42)19-37(44,35(43)45-5)27-11-15-33-31(18-27)40(21-26-10-13-29(26)32(41)7-2)22-36(23-46-33)16-8-9-25-17-28(38)12-14-30(25)36/h6-7,11-12,14-15,17-18,24,26,29,32,41,44H,1-2,8-10,13,16,19-23H2,3-5H3/t24-,26+,29-,32+,36+,37-/m1/s1. The van der Waals surface area contributed by atoms with Crippen molar-refractivity contribution >= 4 is 29.2 Å². The largest absolute Gasteiger partial charge is 0.490 e. The second-order valence-corrected chi connectivity index (χ2v) is 14.0. The fraction of sp³-hybridized carbons (Fsp3) is 0.514. The number of fused-ring (bicyclic) bond motifs is 3. The average Bonchev–Trinajstić information content (AvgIpc) is 3.18. The lowest BCUT2D eigenvalue weighted by Crippen LogP contribution is -2.49. The number of amides is 1. The van der Waals surface area contributed by atoms with Gasteiger partial charge in [-0.05, 0) is 90.8 Å². The molecule has 2 aliphatic carbocycles. The number of carbonyl (C=O) groups excluding carboxylic acids is 2. The molecule has 6 atom stereocenters. The highest BCUT2D eigenvalue weighted by Crippen LogP contribution is 2.47. The minimum Gasteiger partial charge on any atom is -0.490 e. The van der Waals surface area contributed by atoms with Crippen molar-refractivity contribution in [2.75, 3.05) is 45.3 Å². The Bertz CT molecular complexity index is 1480. The molecule has 1 spiro atoms. The first-order valence-electron chi connectivity index (χ1n) is 16.2. The molecule has 0 saturated heterocycles. The van der Waals surface area contributed by atoms with Gasteiger partial charge in [0.25, 0.3) is 0 Å². The minimum atomic E-state index is -2.21. The maximum atomic E-state index is 13.3. The van der Waals surface area contributed by atoms with E-state index in [4.69, 9.17) is 21.1 Å². The monoisotopic (exact) mass is 650 g/mol. The topological polar surface area (TPSA) is 99.5 Å². The number of hydrogen-bond acceptors (Lipinski definition) is 7. The van der Waals surface area contributed by atoms with Crippen LogP contribution in [-0.4, -0.2) is 73.5 Å². The van der Waals surface area contributed by atoms with Crippen molar-refractivity contribution in [2.45, 2.75) is 62.6 Å². The molecule has 1 aliphatic heterocycles. The normalized spacial score (nSPS) is 24.5. The SMILES string of the molecule is C=C[C@@H](C)CN(C)C(=O)C[C@](O)(C(=O)OC)c1ccc2c(c1)N(C[C@@H]1CC[C@H]1[C@@H](O)C=C)C[C@@]1(CCCc3cc(Cl)ccc31)CO2. The van der Waals surface area contributed by atoms with E-state index < -0.39 is 30.0 Å². The van der Waals surface area contributed by atoms with Crippen molar-refractivity contribution in [1.82, 2.24) is 4.90 Å². The molecular weight excluding hydrogens is 604 g/mol. The van der Waals surface area contributed by atoms with Crippen LogP contribution in [0.15, 0.2) is 61.7 Å². The third-order valence-corrected chi connectivity index (χ3v) is 10.7. The number of esters is 1. The van der Waals surface area contributed by atoms with Gasteiger partial charge in [-0.2, -0.15) is 0 Å². The first kappa shape index (κ1) is 34.0. The molecule has 248 valence electrons. The lowest BCUT2D eigenvalue weighted by atomic mass is 9.68. The molecular formula is C37H47ClN2O6. The van der Waals surface area contributed by atoms with E-state index in [0.717, 1.165) is 37.8 Å². The fourth-order valence-electron chi connectivity index (χ4n) is 7.52. The Morgan fingerprint density at radius 3 is 2.70 bits per heavy atom. The lowest BCUT2D eigenvalue weighted by molar-refractivity contribution is -0.168. The summed E-state index contributed by atoms with van der Waals surface area (Å²) in [5.41, 5.74) is 0.921. The molecule has 0 unspecified atom stereocenters. The molecule has 0 aromatic heterocycles. The molecule has 8 nitrogen and oxygen atoms in total. The second kappa shape index (κ2) is 13.8. The molecule has 2 aromatic rings. The summed E-state index contributed by atoms with van der Waals surface area (Å²) >= 11 is 6.41. The maximum Gasteiger partial charge on any atom is 0.343 e. The van der Waals surface area contributed by atoms with Crippen LogP contribution in [0.25, 0.3) is 0 Å². The third-order valence-electron chi connectivity index (χ3n) is 10.4. The summed E-state index contributed by atoms with van der Waals surface area (Å²) in [4.78, 5) is 30.3. The summed E-state index contributed by atoms with van der Waals surface area (Å²) in [7, 11) is 2.85. The van der Waals surface area contributed by atoms with Crippen molar-refractivity contribution in [3.63, 3.8) is 0 Å². The van der Waals surface area contributed by atoms with Crippen molar-refractivity contribution in [3.05, 3.63) is 83.4 Å². The Kier molecular flexibility index (Phi) is 10.2. The number of rotatable bonds is 11. The van der Waals surface area contributed by atoms with Crippen LogP contribution in [0, 0.1) is 17.8 Å².